The Hall–Kier alpha value is -1.55. The molecule has 2 atom stereocenters. The highest BCUT2D eigenvalue weighted by molar-refractivity contribution is 5.94. The smallest absolute Gasteiger partial charge is 0.253 e. The molecule has 1 aliphatic carbocycles. The summed E-state index contributed by atoms with van der Waals surface area (Å²) < 4.78 is 0. The molecule has 1 heterocycles. The lowest BCUT2D eigenvalue weighted by Gasteiger charge is -2.47. The number of benzene rings is 1. The summed E-state index contributed by atoms with van der Waals surface area (Å²) in [5.74, 6) is 0.354. The van der Waals surface area contributed by atoms with E-state index in [0.29, 0.717) is 13.1 Å². The van der Waals surface area contributed by atoms with Crippen LogP contribution in [0.1, 0.15) is 56.3 Å². The zero-order valence-corrected chi connectivity index (χ0v) is 15.0. The number of hydrogen-bond acceptors (Lipinski definition) is 3. The van der Waals surface area contributed by atoms with Gasteiger partial charge in [-0.25, -0.2) is 0 Å². The van der Waals surface area contributed by atoms with Gasteiger partial charge in [0.25, 0.3) is 5.91 Å². The number of hydrogen-bond donors (Lipinski definition) is 1. The minimum atomic E-state index is -0.526. The lowest BCUT2D eigenvalue weighted by Crippen LogP contribution is -2.54. The van der Waals surface area contributed by atoms with Crippen molar-refractivity contribution in [3.63, 3.8) is 0 Å². The van der Waals surface area contributed by atoms with Crippen molar-refractivity contribution in [2.24, 2.45) is 5.92 Å². The maximum Gasteiger partial charge on any atom is 0.253 e. The highest BCUT2D eigenvalue weighted by Gasteiger charge is 2.43. The molecule has 4 heteroatoms. The fraction of sp³-hybridized carbons (Fsp3) is 0.650. The number of anilines is 1. The Labute approximate surface area is 145 Å². The number of carbonyl (C=O) groups excluding carboxylic acids is 1. The molecule has 1 N–H and O–H groups in total. The molecule has 0 spiro atoms. The summed E-state index contributed by atoms with van der Waals surface area (Å²) in [6, 6.07) is 7.97. The predicted molar refractivity (Wildman–Crippen MR) is 97.4 cm³/mol. The van der Waals surface area contributed by atoms with Crippen LogP contribution in [0.4, 0.5) is 5.69 Å². The SMILES string of the molecule is CCN(CC)c1ccc(C(=O)N2CCC3(O)CCCCC3C2)cc1. The van der Waals surface area contributed by atoms with E-state index in [1.807, 2.05) is 29.2 Å². The number of likely N-dealkylation sites (tertiary alicyclic amines) is 1. The fourth-order valence-electron chi connectivity index (χ4n) is 4.34. The summed E-state index contributed by atoms with van der Waals surface area (Å²) >= 11 is 0. The van der Waals surface area contributed by atoms with E-state index >= 15 is 0 Å². The zero-order chi connectivity index (χ0) is 17.2. The van der Waals surface area contributed by atoms with Gasteiger partial charge in [-0.3, -0.25) is 4.79 Å². The van der Waals surface area contributed by atoms with Crippen LogP contribution in [-0.2, 0) is 0 Å². The molecular formula is C20H30N2O2. The van der Waals surface area contributed by atoms with Crippen molar-refractivity contribution in [3.05, 3.63) is 29.8 Å². The third-order valence-electron chi connectivity index (χ3n) is 5.96. The Morgan fingerprint density at radius 2 is 1.92 bits per heavy atom. The van der Waals surface area contributed by atoms with Crippen molar-refractivity contribution < 1.29 is 9.90 Å². The molecule has 1 aromatic carbocycles. The molecule has 1 saturated carbocycles. The second-order valence-electron chi connectivity index (χ2n) is 7.27. The summed E-state index contributed by atoms with van der Waals surface area (Å²) in [7, 11) is 0. The van der Waals surface area contributed by atoms with E-state index in [1.165, 1.54) is 6.42 Å². The first-order chi connectivity index (χ1) is 11.6. The van der Waals surface area contributed by atoms with Gasteiger partial charge in [0.05, 0.1) is 5.60 Å². The standard InChI is InChI=1S/C20H30N2O2/c1-3-21(4-2)18-10-8-16(9-11-18)19(23)22-14-13-20(24)12-6-5-7-17(20)15-22/h8-11,17,24H,3-7,12-15H2,1-2H3. The largest absolute Gasteiger partial charge is 0.389 e. The van der Waals surface area contributed by atoms with Crippen molar-refractivity contribution >= 4 is 11.6 Å². The number of amides is 1. The Balaban J connectivity index is 1.68. The lowest BCUT2D eigenvalue weighted by molar-refractivity contribution is -0.0886. The van der Waals surface area contributed by atoms with E-state index < -0.39 is 5.60 Å². The first-order valence-electron chi connectivity index (χ1n) is 9.44. The topological polar surface area (TPSA) is 43.8 Å². The van der Waals surface area contributed by atoms with Crippen molar-refractivity contribution in [3.8, 4) is 0 Å². The first-order valence-corrected chi connectivity index (χ1v) is 9.44. The molecule has 1 saturated heterocycles. The quantitative estimate of drug-likeness (QED) is 0.921. The molecule has 2 aliphatic rings. The Kier molecular flexibility index (Phi) is 5.14. The summed E-state index contributed by atoms with van der Waals surface area (Å²) in [6.07, 6.45) is 4.96. The molecule has 0 radical (unpaired) electrons. The van der Waals surface area contributed by atoms with E-state index in [0.717, 1.165) is 50.0 Å². The number of carbonyl (C=O) groups is 1. The maximum absolute atomic E-state index is 12.8. The molecule has 1 amide bonds. The van der Waals surface area contributed by atoms with Crippen molar-refractivity contribution in [2.75, 3.05) is 31.1 Å². The fourth-order valence-corrected chi connectivity index (χ4v) is 4.34. The van der Waals surface area contributed by atoms with E-state index in [9.17, 15) is 9.90 Å². The Morgan fingerprint density at radius 3 is 2.58 bits per heavy atom. The highest BCUT2D eigenvalue weighted by atomic mass is 16.3. The van der Waals surface area contributed by atoms with Gasteiger partial charge in [-0.15, -0.1) is 0 Å². The monoisotopic (exact) mass is 330 g/mol. The minimum absolute atomic E-state index is 0.105. The van der Waals surface area contributed by atoms with Gasteiger partial charge in [0, 0.05) is 43.3 Å². The van der Waals surface area contributed by atoms with Gasteiger partial charge < -0.3 is 14.9 Å². The van der Waals surface area contributed by atoms with Gasteiger partial charge in [0.2, 0.25) is 0 Å². The molecule has 2 fully saturated rings. The van der Waals surface area contributed by atoms with E-state index in [-0.39, 0.29) is 11.8 Å². The molecule has 24 heavy (non-hydrogen) atoms. The average molecular weight is 330 g/mol. The molecule has 4 nitrogen and oxygen atoms in total. The molecular weight excluding hydrogens is 300 g/mol. The average Bonchev–Trinajstić information content (AvgIpc) is 2.62. The van der Waals surface area contributed by atoms with Gasteiger partial charge in [0.1, 0.15) is 0 Å². The van der Waals surface area contributed by atoms with Gasteiger partial charge in [-0.05, 0) is 57.4 Å². The maximum atomic E-state index is 12.8. The Bertz CT molecular complexity index is 568. The lowest BCUT2D eigenvalue weighted by atomic mass is 9.71. The minimum Gasteiger partial charge on any atom is -0.389 e. The van der Waals surface area contributed by atoms with Crippen LogP contribution >= 0.6 is 0 Å². The van der Waals surface area contributed by atoms with Crippen molar-refractivity contribution in [2.45, 2.75) is 51.6 Å². The number of aliphatic hydroxyl groups is 1. The highest BCUT2D eigenvalue weighted by Crippen LogP contribution is 2.40. The zero-order valence-electron chi connectivity index (χ0n) is 15.0. The molecule has 3 rings (SSSR count). The molecule has 0 bridgehead atoms. The first kappa shape index (κ1) is 17.3. The van der Waals surface area contributed by atoms with Crippen LogP contribution in [0.3, 0.4) is 0 Å². The van der Waals surface area contributed by atoms with Crippen LogP contribution in [0.5, 0.6) is 0 Å². The molecule has 2 unspecified atom stereocenters. The molecule has 0 aromatic heterocycles. The van der Waals surface area contributed by atoms with Gasteiger partial charge in [0.15, 0.2) is 0 Å². The molecule has 1 aliphatic heterocycles. The van der Waals surface area contributed by atoms with Crippen LogP contribution < -0.4 is 4.90 Å². The van der Waals surface area contributed by atoms with Gasteiger partial charge in [-0.1, -0.05) is 12.8 Å². The summed E-state index contributed by atoms with van der Waals surface area (Å²) in [4.78, 5) is 17.0. The van der Waals surface area contributed by atoms with Crippen LogP contribution in [0.2, 0.25) is 0 Å². The van der Waals surface area contributed by atoms with Crippen LogP contribution in [0, 0.1) is 5.92 Å². The van der Waals surface area contributed by atoms with E-state index in [1.54, 1.807) is 0 Å². The van der Waals surface area contributed by atoms with Crippen LogP contribution in [0.15, 0.2) is 24.3 Å². The van der Waals surface area contributed by atoms with E-state index in [2.05, 4.69) is 18.7 Å². The summed E-state index contributed by atoms with van der Waals surface area (Å²) in [6.45, 7) is 7.59. The number of rotatable bonds is 4. The molecule has 1 aromatic rings. The van der Waals surface area contributed by atoms with E-state index in [4.69, 9.17) is 0 Å². The van der Waals surface area contributed by atoms with Gasteiger partial charge in [-0.2, -0.15) is 0 Å². The summed E-state index contributed by atoms with van der Waals surface area (Å²) in [5.41, 5.74) is 1.39. The normalized spacial score (nSPS) is 26.8. The second kappa shape index (κ2) is 7.14. The second-order valence-corrected chi connectivity index (χ2v) is 7.27. The number of piperidine rings is 1. The third kappa shape index (κ3) is 3.30. The van der Waals surface area contributed by atoms with Crippen molar-refractivity contribution in [1.29, 1.82) is 0 Å². The number of fused-ring (bicyclic) bond motifs is 1. The van der Waals surface area contributed by atoms with Crippen molar-refractivity contribution in [1.82, 2.24) is 4.90 Å². The Morgan fingerprint density at radius 1 is 1.21 bits per heavy atom. The number of nitrogens with zero attached hydrogens (tertiary/aromatic N) is 2. The molecule has 132 valence electrons. The van der Waals surface area contributed by atoms with Crippen LogP contribution in [0.25, 0.3) is 0 Å². The third-order valence-corrected chi connectivity index (χ3v) is 5.96. The van der Waals surface area contributed by atoms with Crippen LogP contribution in [-0.4, -0.2) is 47.7 Å². The summed E-state index contributed by atoms with van der Waals surface area (Å²) in [5, 5.41) is 10.8. The van der Waals surface area contributed by atoms with Gasteiger partial charge >= 0.3 is 0 Å². The predicted octanol–water partition coefficient (Wildman–Crippen LogP) is 3.30.